The molecule has 2 N–H and O–H groups in total. The molecule has 0 spiro atoms. The van der Waals surface area contributed by atoms with Crippen molar-refractivity contribution in [2.45, 2.75) is 70.9 Å². The van der Waals surface area contributed by atoms with Gasteiger partial charge in [-0.2, -0.15) is 0 Å². The number of anilines is 3. The number of para-hydroxylation sites is 2. The number of carbonyl (C=O) groups is 2. The van der Waals surface area contributed by atoms with Gasteiger partial charge in [-0.15, -0.1) is 0 Å². The topological polar surface area (TPSA) is 73.9 Å². The quantitative estimate of drug-likeness (QED) is 0.403. The summed E-state index contributed by atoms with van der Waals surface area (Å²) in [6.45, 7) is 10.2. The molecular weight excluding hydrogens is 476 g/mol. The van der Waals surface area contributed by atoms with Crippen molar-refractivity contribution >= 4 is 29.1 Å². The van der Waals surface area contributed by atoms with Gasteiger partial charge in [0.15, 0.2) is 0 Å². The zero-order valence-corrected chi connectivity index (χ0v) is 23.0. The molecule has 3 fully saturated rings. The fourth-order valence-corrected chi connectivity index (χ4v) is 5.24. The number of hydrogen-bond donors (Lipinski definition) is 2. The monoisotopic (exact) mass is 518 g/mol. The van der Waals surface area contributed by atoms with E-state index in [1.54, 1.807) is 12.1 Å². The van der Waals surface area contributed by atoms with Crippen LogP contribution in [0.4, 0.5) is 21.9 Å². The first kappa shape index (κ1) is 26.5. The number of ether oxygens (including phenoxy) is 1. The van der Waals surface area contributed by atoms with Gasteiger partial charge in [0.05, 0.1) is 11.4 Å². The molecule has 0 bridgehead atoms. The number of amides is 2. The van der Waals surface area contributed by atoms with Crippen LogP contribution in [0.2, 0.25) is 0 Å². The number of benzene rings is 2. The number of hydrogen-bond acceptors (Lipinski definition) is 5. The van der Waals surface area contributed by atoms with E-state index in [9.17, 15) is 9.59 Å². The van der Waals surface area contributed by atoms with Gasteiger partial charge in [-0.25, -0.2) is 4.79 Å². The van der Waals surface area contributed by atoms with Crippen molar-refractivity contribution < 1.29 is 14.3 Å². The minimum absolute atomic E-state index is 0.211. The maximum absolute atomic E-state index is 13.1. The zero-order chi connectivity index (χ0) is 26.7. The number of carbonyl (C=O) groups excluding carboxylic acids is 2. The van der Waals surface area contributed by atoms with Crippen molar-refractivity contribution in [1.82, 2.24) is 4.90 Å². The third kappa shape index (κ3) is 7.50. The van der Waals surface area contributed by atoms with Crippen molar-refractivity contribution in [1.29, 1.82) is 0 Å². The van der Waals surface area contributed by atoms with Gasteiger partial charge in [-0.05, 0) is 108 Å². The molecule has 0 atom stereocenters. The van der Waals surface area contributed by atoms with Crippen LogP contribution < -0.4 is 15.5 Å². The smallest absolute Gasteiger partial charge is 0.412 e. The van der Waals surface area contributed by atoms with E-state index < -0.39 is 11.7 Å². The van der Waals surface area contributed by atoms with E-state index in [-0.39, 0.29) is 5.91 Å². The lowest BCUT2D eigenvalue weighted by molar-refractivity contribution is 0.0635. The van der Waals surface area contributed by atoms with Crippen molar-refractivity contribution in [3.8, 4) is 0 Å². The van der Waals surface area contributed by atoms with Crippen LogP contribution in [0, 0.1) is 11.8 Å². The predicted octanol–water partition coefficient (Wildman–Crippen LogP) is 6.38. The molecule has 204 valence electrons. The Bertz CT molecular complexity index is 1110. The third-order valence-electron chi connectivity index (χ3n) is 7.64. The van der Waals surface area contributed by atoms with E-state index in [0.717, 1.165) is 18.4 Å². The first-order valence-electron chi connectivity index (χ1n) is 14.2. The second kappa shape index (κ2) is 11.4. The van der Waals surface area contributed by atoms with Crippen molar-refractivity contribution in [2.24, 2.45) is 11.8 Å². The Hall–Kier alpha value is -3.06. The summed E-state index contributed by atoms with van der Waals surface area (Å²) in [4.78, 5) is 30.6. The van der Waals surface area contributed by atoms with Crippen LogP contribution in [0.25, 0.3) is 0 Å². The summed E-state index contributed by atoms with van der Waals surface area (Å²) in [5, 5.41) is 5.69. The Morgan fingerprint density at radius 3 is 2.05 bits per heavy atom. The van der Waals surface area contributed by atoms with Gasteiger partial charge in [-0.1, -0.05) is 12.1 Å². The number of likely N-dealkylation sites (tertiary alicyclic amines) is 1. The molecule has 2 amide bonds. The average Bonchev–Trinajstić information content (AvgIpc) is 3.80. The summed E-state index contributed by atoms with van der Waals surface area (Å²) < 4.78 is 5.36. The summed E-state index contributed by atoms with van der Waals surface area (Å²) in [7, 11) is 0. The maximum atomic E-state index is 13.1. The molecule has 7 heteroatoms. The fourth-order valence-electron chi connectivity index (χ4n) is 5.24. The van der Waals surface area contributed by atoms with Crippen molar-refractivity contribution in [2.75, 3.05) is 41.7 Å². The number of nitrogens with one attached hydrogen (secondary N) is 2. The van der Waals surface area contributed by atoms with Gasteiger partial charge >= 0.3 is 6.09 Å². The minimum Gasteiger partial charge on any atom is -0.444 e. The lowest BCUT2D eigenvalue weighted by Crippen LogP contribution is -2.46. The normalized spacial score (nSPS) is 18.6. The molecule has 2 saturated carbocycles. The Morgan fingerprint density at radius 2 is 1.47 bits per heavy atom. The second-order valence-electron chi connectivity index (χ2n) is 12.2. The van der Waals surface area contributed by atoms with E-state index >= 15 is 0 Å². The summed E-state index contributed by atoms with van der Waals surface area (Å²) in [6.07, 6.45) is 7.35. The van der Waals surface area contributed by atoms with Crippen LogP contribution in [0.1, 0.15) is 69.7 Å². The second-order valence-corrected chi connectivity index (χ2v) is 12.2. The molecule has 3 aliphatic rings. The highest BCUT2D eigenvalue weighted by Crippen LogP contribution is 2.35. The maximum Gasteiger partial charge on any atom is 0.412 e. The highest BCUT2D eigenvalue weighted by atomic mass is 16.6. The fraction of sp³-hybridized carbons (Fsp3) is 0.548. The molecule has 5 rings (SSSR count). The van der Waals surface area contributed by atoms with Crippen LogP contribution in [0.5, 0.6) is 0 Å². The summed E-state index contributed by atoms with van der Waals surface area (Å²) in [5.41, 5.74) is 2.22. The van der Waals surface area contributed by atoms with Crippen molar-refractivity contribution in [3.63, 3.8) is 0 Å². The lowest BCUT2D eigenvalue weighted by atomic mass is 10.0. The van der Waals surface area contributed by atoms with Crippen molar-refractivity contribution in [3.05, 3.63) is 54.1 Å². The van der Waals surface area contributed by atoms with E-state index in [1.165, 1.54) is 63.8 Å². The molecule has 1 aliphatic heterocycles. The number of nitrogens with zero attached hydrogens (tertiary/aromatic N) is 2. The molecule has 1 heterocycles. The standard InChI is InChI=1S/C31H42N4O3/c1-31(2,3)38-30(37)33-28-7-5-4-6-27(28)32-29(36)24-12-14-25(15-13-24)35(21-23-10-11-23)26-16-18-34(19-17-26)20-22-8-9-22/h4-7,12-15,22-23,26H,8-11,16-21H2,1-3H3,(H,32,36)(H,33,37). The summed E-state index contributed by atoms with van der Waals surface area (Å²) >= 11 is 0. The van der Waals surface area contributed by atoms with E-state index in [1.807, 2.05) is 45.0 Å². The molecule has 0 aromatic heterocycles. The molecule has 0 radical (unpaired) electrons. The van der Waals surface area contributed by atoms with E-state index in [0.29, 0.717) is 23.0 Å². The highest BCUT2D eigenvalue weighted by molar-refractivity contribution is 6.07. The largest absolute Gasteiger partial charge is 0.444 e. The van der Waals surface area contributed by atoms with E-state index in [4.69, 9.17) is 4.74 Å². The Morgan fingerprint density at radius 1 is 0.868 bits per heavy atom. The van der Waals surface area contributed by atoms with Gasteiger partial charge in [-0.3, -0.25) is 10.1 Å². The number of rotatable bonds is 9. The summed E-state index contributed by atoms with van der Waals surface area (Å²) in [5.74, 6) is 1.54. The molecule has 1 saturated heterocycles. The Labute approximate surface area is 226 Å². The Kier molecular flexibility index (Phi) is 7.93. The lowest BCUT2D eigenvalue weighted by Gasteiger charge is -2.40. The molecule has 7 nitrogen and oxygen atoms in total. The van der Waals surface area contributed by atoms with Crippen LogP contribution in [0.15, 0.2) is 48.5 Å². The Balaban J connectivity index is 1.22. The van der Waals surface area contributed by atoms with Gasteiger partial charge in [0, 0.05) is 43.5 Å². The van der Waals surface area contributed by atoms with E-state index in [2.05, 4.69) is 32.6 Å². The van der Waals surface area contributed by atoms with Gasteiger partial charge in [0.1, 0.15) is 5.60 Å². The highest BCUT2D eigenvalue weighted by Gasteiger charge is 2.32. The molecule has 0 unspecified atom stereocenters. The van der Waals surface area contributed by atoms with Crippen LogP contribution >= 0.6 is 0 Å². The minimum atomic E-state index is -0.606. The SMILES string of the molecule is CC(C)(C)OC(=O)Nc1ccccc1NC(=O)c1ccc(N(CC2CC2)C2CCN(CC3CC3)CC2)cc1. The van der Waals surface area contributed by atoms with Crippen LogP contribution in [-0.2, 0) is 4.74 Å². The molecule has 2 aliphatic carbocycles. The summed E-state index contributed by atoms with van der Waals surface area (Å²) in [6, 6.07) is 15.7. The zero-order valence-electron chi connectivity index (χ0n) is 23.0. The molecule has 2 aromatic carbocycles. The first-order chi connectivity index (χ1) is 18.2. The number of piperidine rings is 1. The first-order valence-corrected chi connectivity index (χ1v) is 14.2. The van der Waals surface area contributed by atoms with Gasteiger partial charge in [0.25, 0.3) is 5.91 Å². The van der Waals surface area contributed by atoms with Crippen LogP contribution in [-0.4, -0.2) is 54.7 Å². The third-order valence-corrected chi connectivity index (χ3v) is 7.64. The average molecular weight is 519 g/mol. The van der Waals surface area contributed by atoms with Gasteiger partial charge in [0.2, 0.25) is 0 Å². The predicted molar refractivity (Wildman–Crippen MR) is 153 cm³/mol. The molecular formula is C31H42N4O3. The molecule has 38 heavy (non-hydrogen) atoms. The van der Waals surface area contributed by atoms with Gasteiger partial charge < -0.3 is 19.9 Å². The van der Waals surface area contributed by atoms with Crippen LogP contribution in [0.3, 0.4) is 0 Å². The molecule has 2 aromatic rings.